The number of aromatic nitrogens is 1. The first-order valence-corrected chi connectivity index (χ1v) is 9.82. The zero-order valence-corrected chi connectivity index (χ0v) is 16.8. The van der Waals surface area contributed by atoms with E-state index >= 15 is 0 Å². The molecular formula is C19H19N3O2S2. The molecule has 0 spiro atoms. The molecule has 7 heteroatoms. The summed E-state index contributed by atoms with van der Waals surface area (Å²) in [5.41, 5.74) is 2.45. The van der Waals surface area contributed by atoms with Crippen molar-refractivity contribution >= 4 is 38.7 Å². The van der Waals surface area contributed by atoms with Crippen LogP contribution in [0.4, 0.5) is 0 Å². The molecule has 3 rings (SSSR count). The smallest absolute Gasteiger partial charge is 0.350 e. The number of hydrogen-bond donors (Lipinski definition) is 0. The fourth-order valence-electron chi connectivity index (χ4n) is 2.75. The quantitative estimate of drug-likeness (QED) is 0.607. The van der Waals surface area contributed by atoms with Crippen LogP contribution in [-0.4, -0.2) is 36.6 Å². The van der Waals surface area contributed by atoms with Gasteiger partial charge in [-0.3, -0.25) is 0 Å². The predicted molar refractivity (Wildman–Crippen MR) is 106 cm³/mol. The lowest BCUT2D eigenvalue weighted by molar-refractivity contribution is 0.0531. The number of thiophene rings is 1. The standard InChI is InChI=1S/C19H19N3O2S2/c1-5-24-19(23)16-11(2)21-18(26-16)15-8-13-6-12(10-22(3)4)7-14(9-20)17(13)25-15/h6-8H,5,10H2,1-4H3. The van der Waals surface area contributed by atoms with Crippen molar-refractivity contribution < 1.29 is 9.53 Å². The second kappa shape index (κ2) is 7.54. The van der Waals surface area contributed by atoms with Crippen LogP contribution in [0.25, 0.3) is 20.0 Å². The van der Waals surface area contributed by atoms with Crippen LogP contribution >= 0.6 is 22.7 Å². The van der Waals surface area contributed by atoms with Gasteiger partial charge in [0.25, 0.3) is 0 Å². The highest BCUT2D eigenvalue weighted by molar-refractivity contribution is 7.26. The minimum Gasteiger partial charge on any atom is -0.462 e. The molecule has 134 valence electrons. The lowest BCUT2D eigenvalue weighted by Gasteiger charge is -2.09. The largest absolute Gasteiger partial charge is 0.462 e. The van der Waals surface area contributed by atoms with Crippen molar-refractivity contribution in [2.45, 2.75) is 20.4 Å². The van der Waals surface area contributed by atoms with Crippen LogP contribution < -0.4 is 0 Å². The van der Waals surface area contributed by atoms with Crippen molar-refractivity contribution in [1.82, 2.24) is 9.88 Å². The first kappa shape index (κ1) is 18.5. The number of rotatable bonds is 5. The first-order valence-electron chi connectivity index (χ1n) is 8.19. The number of carbonyl (C=O) groups excluding carboxylic acids is 1. The summed E-state index contributed by atoms with van der Waals surface area (Å²) < 4.78 is 6.05. The van der Waals surface area contributed by atoms with Gasteiger partial charge in [0, 0.05) is 6.54 Å². The molecule has 0 unspecified atom stereocenters. The molecule has 0 aliphatic carbocycles. The lowest BCUT2D eigenvalue weighted by atomic mass is 10.1. The molecule has 2 aromatic heterocycles. The summed E-state index contributed by atoms with van der Waals surface area (Å²) in [6, 6.07) is 8.41. The third kappa shape index (κ3) is 3.63. The highest BCUT2D eigenvalue weighted by atomic mass is 32.1. The van der Waals surface area contributed by atoms with Crippen molar-refractivity contribution in [1.29, 1.82) is 5.26 Å². The summed E-state index contributed by atoms with van der Waals surface area (Å²) in [5, 5.41) is 11.3. The van der Waals surface area contributed by atoms with E-state index < -0.39 is 0 Å². The summed E-state index contributed by atoms with van der Waals surface area (Å²) >= 11 is 2.87. The average Bonchev–Trinajstić information content (AvgIpc) is 3.17. The number of esters is 1. The van der Waals surface area contributed by atoms with Gasteiger partial charge in [-0.1, -0.05) is 0 Å². The van der Waals surface area contributed by atoms with E-state index in [1.807, 2.05) is 33.2 Å². The highest BCUT2D eigenvalue weighted by Gasteiger charge is 2.19. The molecular weight excluding hydrogens is 366 g/mol. The maximum Gasteiger partial charge on any atom is 0.350 e. The zero-order valence-electron chi connectivity index (χ0n) is 15.1. The van der Waals surface area contributed by atoms with Crippen LogP contribution in [0.15, 0.2) is 18.2 Å². The van der Waals surface area contributed by atoms with Gasteiger partial charge in [0.15, 0.2) is 0 Å². The Hall–Kier alpha value is -2.27. The van der Waals surface area contributed by atoms with E-state index in [9.17, 15) is 10.1 Å². The third-order valence-electron chi connectivity index (χ3n) is 3.76. The lowest BCUT2D eigenvalue weighted by Crippen LogP contribution is -2.10. The molecule has 2 heterocycles. The first-order chi connectivity index (χ1) is 12.4. The van der Waals surface area contributed by atoms with Crippen LogP contribution in [0, 0.1) is 18.3 Å². The van der Waals surface area contributed by atoms with E-state index in [1.165, 1.54) is 22.7 Å². The Bertz CT molecular complexity index is 1010. The van der Waals surface area contributed by atoms with E-state index in [1.54, 1.807) is 6.92 Å². The van der Waals surface area contributed by atoms with Gasteiger partial charge in [0.1, 0.15) is 16.0 Å². The van der Waals surface area contributed by atoms with E-state index in [2.05, 4.69) is 22.0 Å². The molecule has 3 aromatic rings. The van der Waals surface area contributed by atoms with E-state index in [4.69, 9.17) is 4.74 Å². The highest BCUT2D eigenvalue weighted by Crippen LogP contribution is 2.38. The van der Waals surface area contributed by atoms with E-state index in [0.29, 0.717) is 22.7 Å². The number of aryl methyl sites for hydroxylation is 1. The van der Waals surface area contributed by atoms with Gasteiger partial charge < -0.3 is 9.64 Å². The van der Waals surface area contributed by atoms with Gasteiger partial charge in [0.2, 0.25) is 0 Å². The molecule has 0 fully saturated rings. The third-order valence-corrected chi connectivity index (χ3v) is 6.25. The maximum atomic E-state index is 12.0. The SMILES string of the molecule is CCOC(=O)c1sc(-c2cc3cc(CN(C)C)cc(C#N)c3s2)nc1C. The molecule has 5 nitrogen and oxygen atoms in total. The van der Waals surface area contributed by atoms with E-state index in [-0.39, 0.29) is 5.97 Å². The summed E-state index contributed by atoms with van der Waals surface area (Å²) in [6.45, 7) is 4.72. The normalized spacial score (nSPS) is 11.1. The van der Waals surface area contributed by atoms with Crippen LogP contribution in [-0.2, 0) is 11.3 Å². The summed E-state index contributed by atoms with van der Waals surface area (Å²) in [6.07, 6.45) is 0. The topological polar surface area (TPSA) is 66.2 Å². The molecule has 0 aliphatic rings. The number of fused-ring (bicyclic) bond motifs is 1. The zero-order chi connectivity index (χ0) is 18.8. The Kier molecular flexibility index (Phi) is 5.37. The molecule has 0 saturated carbocycles. The number of nitrogens with zero attached hydrogens (tertiary/aromatic N) is 3. The van der Waals surface area contributed by atoms with E-state index in [0.717, 1.165) is 32.1 Å². The van der Waals surface area contributed by atoms with Gasteiger partial charge in [-0.25, -0.2) is 9.78 Å². The van der Waals surface area contributed by atoms with Crippen molar-refractivity contribution in [2.24, 2.45) is 0 Å². The molecule has 26 heavy (non-hydrogen) atoms. The molecule has 0 N–H and O–H groups in total. The number of nitriles is 1. The Morgan fingerprint density at radius 3 is 2.73 bits per heavy atom. The van der Waals surface area contributed by atoms with Crippen molar-refractivity contribution in [3.05, 3.63) is 39.9 Å². The summed E-state index contributed by atoms with van der Waals surface area (Å²) in [5.74, 6) is -0.333. The minimum atomic E-state index is -0.333. The molecule has 0 radical (unpaired) electrons. The summed E-state index contributed by atoms with van der Waals surface area (Å²) in [7, 11) is 4.01. The maximum absolute atomic E-state index is 12.0. The number of thiazole rings is 1. The van der Waals surface area contributed by atoms with Gasteiger partial charge in [-0.2, -0.15) is 5.26 Å². The van der Waals surface area contributed by atoms with Crippen molar-refractivity contribution in [3.8, 4) is 16.0 Å². The average molecular weight is 386 g/mol. The van der Waals surface area contributed by atoms with Crippen molar-refractivity contribution in [2.75, 3.05) is 20.7 Å². The van der Waals surface area contributed by atoms with Crippen molar-refractivity contribution in [3.63, 3.8) is 0 Å². The number of carbonyl (C=O) groups is 1. The molecule has 0 atom stereocenters. The Balaban J connectivity index is 2.06. The fourth-order valence-corrected chi connectivity index (χ4v) is 4.86. The summed E-state index contributed by atoms with van der Waals surface area (Å²) in [4.78, 5) is 20.1. The van der Waals surface area contributed by atoms with Crippen LogP contribution in [0.2, 0.25) is 0 Å². The second-order valence-electron chi connectivity index (χ2n) is 6.18. The van der Waals surface area contributed by atoms with Gasteiger partial charge in [-0.15, -0.1) is 22.7 Å². The predicted octanol–water partition coefficient (Wildman–Crippen LogP) is 4.44. The van der Waals surface area contributed by atoms with Gasteiger partial charge >= 0.3 is 5.97 Å². The Labute approximate surface area is 160 Å². The molecule has 0 aliphatic heterocycles. The fraction of sp³-hybridized carbons (Fsp3) is 0.316. The van der Waals surface area contributed by atoms with Crippen LogP contribution in [0.5, 0.6) is 0 Å². The van der Waals surface area contributed by atoms with Crippen LogP contribution in [0.1, 0.15) is 33.4 Å². The number of hydrogen-bond acceptors (Lipinski definition) is 7. The van der Waals surface area contributed by atoms with Gasteiger partial charge in [0.05, 0.1) is 27.4 Å². The number of ether oxygens (including phenoxy) is 1. The monoisotopic (exact) mass is 385 g/mol. The Morgan fingerprint density at radius 1 is 1.31 bits per heavy atom. The minimum absolute atomic E-state index is 0.333. The van der Waals surface area contributed by atoms with Gasteiger partial charge in [-0.05, 0) is 57.1 Å². The molecule has 0 amide bonds. The van der Waals surface area contributed by atoms with Crippen LogP contribution in [0.3, 0.4) is 0 Å². The Morgan fingerprint density at radius 2 is 2.08 bits per heavy atom. The number of benzene rings is 1. The molecule has 0 saturated heterocycles. The second-order valence-corrected chi connectivity index (χ2v) is 8.23. The molecule has 1 aromatic carbocycles. The molecule has 0 bridgehead atoms.